The molecule has 3 amide bonds. The number of methoxy groups -OCH3 is 4. The molecule has 7 heterocycles. The molecular formula is C88H84N14O28. The molecule has 0 radical (unpaired) electrons. The van der Waals surface area contributed by atoms with E-state index in [0.29, 0.717) is 85.0 Å². The molecule has 5 aromatic heterocycles. The van der Waals surface area contributed by atoms with Gasteiger partial charge in [0.2, 0.25) is 23.0 Å². The molecule has 130 heavy (non-hydrogen) atoms. The van der Waals surface area contributed by atoms with Crippen molar-refractivity contribution >= 4 is 147 Å². The lowest BCUT2D eigenvalue weighted by Gasteiger charge is -2.31. The van der Waals surface area contributed by atoms with Crippen molar-refractivity contribution in [1.29, 1.82) is 0 Å². The second-order valence-electron chi connectivity index (χ2n) is 28.8. The first-order valence-corrected chi connectivity index (χ1v) is 40.0. The van der Waals surface area contributed by atoms with E-state index in [1.165, 1.54) is 176 Å². The molecule has 2 aliphatic rings. The normalized spacial score (nSPS) is 12.4. The van der Waals surface area contributed by atoms with Crippen molar-refractivity contribution in [2.75, 3.05) is 115 Å². The Morgan fingerprint density at radius 2 is 0.523 bits per heavy atom. The van der Waals surface area contributed by atoms with Gasteiger partial charge in [-0.3, -0.25) is 4.79 Å². The van der Waals surface area contributed by atoms with Crippen LogP contribution in [0, 0.1) is 52.1 Å². The highest BCUT2D eigenvalue weighted by Gasteiger charge is 2.36. The van der Waals surface area contributed by atoms with Gasteiger partial charge in [-0.1, -0.05) is 60.7 Å². The molecule has 10 aromatic carbocycles. The van der Waals surface area contributed by atoms with E-state index in [4.69, 9.17) is 56.8 Å². The monoisotopic (exact) mass is 1780 g/mol. The van der Waals surface area contributed by atoms with Crippen LogP contribution in [0.1, 0.15) is 33.6 Å². The van der Waals surface area contributed by atoms with Crippen LogP contribution < -0.4 is 94.7 Å². The van der Waals surface area contributed by atoms with Gasteiger partial charge in [-0.2, -0.15) is 47.3 Å². The second kappa shape index (κ2) is 39.6. The third-order valence-electron chi connectivity index (χ3n) is 20.5. The molecule has 0 bridgehead atoms. The van der Waals surface area contributed by atoms with E-state index in [1.807, 2.05) is 7.05 Å². The standard InChI is InChI=1S/C20H20N2O8.C19H20N4O5.C18H17N3O5.C16H15N3O5.C15H12N2O5/c1-3-27-17(23)11-29-15-9-5-7-13-19(15)21(25)14-8-6-10-16(20(14)22(13)26)30-12-18(24)28-4-2;1-20-9-11-21(12-10-20)19(24)28-16-8-4-6-14-18(16)23(26)13-5-3-7-15(27-2)17(13)22(14)25;1-25-14-8-4-6-12-16(14)20(23)13-7-5-9-15(17(13)21(12)24)26-18(22)19-10-2-3-11-19;1-17(2)16(20)24-13-9-5-7-11-15(13)19(22)10-6-4-8-12(23-3)14(10)18(11)21;1-9(18)22-13-8-4-6-11-15(13)17(20)10-5-3-7-12(21-2)14(10)16(11)19/h5-10H,3-4,11-12H2,1-2H3;3-8H,9-12H2,1-2H3;4-9H,2-3,10-11H2,1H3;4-9H,1-3H3;3-8H,1-2H3. The van der Waals surface area contributed by atoms with E-state index >= 15 is 0 Å². The number of esters is 3. The number of carbonyl (C=O) groups excluding carboxylic acids is 6. The number of amides is 3. The van der Waals surface area contributed by atoms with Gasteiger partial charge in [-0.15, -0.1) is 0 Å². The molecule has 17 rings (SSSR count). The predicted octanol–water partition coefficient (Wildman–Crippen LogP) is 6.54. The molecule has 0 saturated carbocycles. The summed E-state index contributed by atoms with van der Waals surface area (Å²) in [6.07, 6.45) is 0.154. The minimum absolute atomic E-state index is 0.000676. The van der Waals surface area contributed by atoms with Gasteiger partial charge in [-0.25, -0.2) is 24.0 Å². The first-order chi connectivity index (χ1) is 62.6. The van der Waals surface area contributed by atoms with E-state index in [0.717, 1.165) is 25.9 Å². The second-order valence-corrected chi connectivity index (χ2v) is 28.8. The quantitative estimate of drug-likeness (QED) is 0.0325. The number of piperazine rings is 1. The average molecular weight is 1790 g/mol. The van der Waals surface area contributed by atoms with E-state index in [1.54, 1.807) is 84.3 Å². The highest BCUT2D eigenvalue weighted by atomic mass is 16.6. The van der Waals surface area contributed by atoms with Crippen molar-refractivity contribution in [3.05, 3.63) is 234 Å². The number of nitrogens with zero attached hydrogens (tertiary/aromatic N) is 14. The van der Waals surface area contributed by atoms with Crippen LogP contribution in [0.4, 0.5) is 14.4 Å². The fourth-order valence-electron chi connectivity index (χ4n) is 14.4. The van der Waals surface area contributed by atoms with Gasteiger partial charge in [0.25, 0.3) is 55.2 Å². The number of ether oxygens (including phenoxy) is 12. The van der Waals surface area contributed by atoms with Gasteiger partial charge in [0.15, 0.2) is 47.7 Å². The zero-order chi connectivity index (χ0) is 93.1. The van der Waals surface area contributed by atoms with Crippen molar-refractivity contribution in [3.8, 4) is 57.5 Å². The summed E-state index contributed by atoms with van der Waals surface area (Å²) in [5, 5.41) is 129. The first-order valence-electron chi connectivity index (χ1n) is 40.0. The molecule has 2 saturated heterocycles. The number of likely N-dealkylation sites (tertiary alicyclic amines) is 1. The lowest BCUT2D eigenvalue weighted by molar-refractivity contribution is -0.591. The Balaban J connectivity index is 0.000000139. The first kappa shape index (κ1) is 90.9. The topological polar surface area (TPSA) is 496 Å². The fourth-order valence-corrected chi connectivity index (χ4v) is 14.4. The summed E-state index contributed by atoms with van der Waals surface area (Å²) in [4.78, 5) is 77.5. The van der Waals surface area contributed by atoms with Gasteiger partial charge in [0.1, 0.15) is 0 Å². The molecule has 0 aliphatic carbocycles. The largest absolute Gasteiger partial charge is 0.617 e. The number of rotatable bonds is 16. The van der Waals surface area contributed by atoms with Crippen LogP contribution in [0.3, 0.4) is 0 Å². The summed E-state index contributed by atoms with van der Waals surface area (Å²) in [5.41, 5.74) is 1.23. The van der Waals surface area contributed by atoms with Gasteiger partial charge in [0, 0.05) is 121 Å². The highest BCUT2D eigenvalue weighted by molar-refractivity contribution is 5.91. The Kier molecular flexibility index (Phi) is 27.7. The third-order valence-corrected chi connectivity index (χ3v) is 20.5. The fraction of sp³-hybridized carbons (Fsp3) is 0.250. The molecule has 2 fully saturated rings. The number of hydrogen-bond acceptors (Lipinski definition) is 29. The van der Waals surface area contributed by atoms with Crippen LogP contribution in [0.5, 0.6) is 57.5 Å². The van der Waals surface area contributed by atoms with E-state index < -0.39 is 49.4 Å². The zero-order valence-corrected chi connectivity index (χ0v) is 71.5. The summed E-state index contributed by atoms with van der Waals surface area (Å²) in [6, 6.07) is 46.0. The van der Waals surface area contributed by atoms with Crippen molar-refractivity contribution in [2.45, 2.75) is 33.6 Å². The Bertz CT molecular complexity index is 6850. The van der Waals surface area contributed by atoms with Gasteiger partial charge in [-0.05, 0) is 94.4 Å². The maximum Gasteiger partial charge on any atom is 0.415 e. The minimum Gasteiger partial charge on any atom is -0.617 e. The summed E-state index contributed by atoms with van der Waals surface area (Å²) in [6.45, 7) is 7.95. The van der Waals surface area contributed by atoms with Crippen LogP contribution in [0.25, 0.3) is 110 Å². The van der Waals surface area contributed by atoms with E-state index in [-0.39, 0.29) is 170 Å². The molecule has 0 unspecified atom stereocenters. The van der Waals surface area contributed by atoms with E-state index in [2.05, 4.69) is 4.90 Å². The molecule has 15 aromatic rings. The number of likely N-dealkylation sites (N-methyl/N-ethyl adjacent to an activating group) is 1. The summed E-state index contributed by atoms with van der Waals surface area (Å²) < 4.78 is 68.2. The Morgan fingerprint density at radius 1 is 0.308 bits per heavy atom. The number of hydrogen-bond donors (Lipinski definition) is 0. The molecule has 42 heteroatoms. The zero-order valence-electron chi connectivity index (χ0n) is 71.5. The Labute approximate surface area is 736 Å². The summed E-state index contributed by atoms with van der Waals surface area (Å²) in [5.74, 6) is -0.353. The highest BCUT2D eigenvalue weighted by Crippen LogP contribution is 2.34. The van der Waals surface area contributed by atoms with Crippen molar-refractivity contribution < 1.29 is 133 Å². The molecular weight excluding hydrogens is 1700 g/mol. The third kappa shape index (κ3) is 18.2. The SMILES string of the molecule is CCOC(=O)COc1cccc2c1[n+]([O-])c1cccc(OCC(=O)OCC)c1[n+]2[O-].COc1cccc2c1[n+]([O-])c1cccc(OC(=O)N(C)C)c1[n+]2[O-].COc1cccc2c1[n+]([O-])c1cccc(OC(=O)N3CCCC3)c1[n+]2[O-].COc1cccc2c1[n+]([O-])c1cccc(OC(=O)N3CCN(C)CC3)c1[n+]2[O-].COc1cccc2c1[n+]([O-])c1cccc(OC(C)=O)c1[n+]2[O-]. The molecule has 0 N–H and O–H groups in total. The Hall–Kier alpha value is -16.8. The molecule has 0 spiro atoms. The molecule has 0 atom stereocenters. The lowest BCUT2D eigenvalue weighted by atomic mass is 10.2. The van der Waals surface area contributed by atoms with Crippen molar-refractivity contribution in [3.63, 3.8) is 0 Å². The molecule has 674 valence electrons. The number of aromatic nitrogens is 10. The van der Waals surface area contributed by atoms with Crippen molar-refractivity contribution in [1.82, 2.24) is 19.6 Å². The average Bonchev–Trinajstić information content (AvgIpc) is 0.844. The summed E-state index contributed by atoms with van der Waals surface area (Å²) >= 11 is 0. The summed E-state index contributed by atoms with van der Waals surface area (Å²) in [7, 11) is 10.7. The Morgan fingerprint density at radius 3 is 0.762 bits per heavy atom. The van der Waals surface area contributed by atoms with Gasteiger partial charge < -0.3 is 129 Å². The van der Waals surface area contributed by atoms with Crippen LogP contribution >= 0.6 is 0 Å². The predicted molar refractivity (Wildman–Crippen MR) is 460 cm³/mol. The number of carbonyl (C=O) groups is 6. The van der Waals surface area contributed by atoms with Crippen LogP contribution in [0.2, 0.25) is 0 Å². The van der Waals surface area contributed by atoms with Crippen LogP contribution in [-0.2, 0) is 23.9 Å². The number of fused-ring (bicyclic) bond motifs is 10. The van der Waals surface area contributed by atoms with Crippen molar-refractivity contribution in [2.24, 2.45) is 0 Å². The minimum atomic E-state index is -0.648. The number of para-hydroxylation sites is 10. The smallest absolute Gasteiger partial charge is 0.415 e. The van der Waals surface area contributed by atoms with E-state index in [9.17, 15) is 80.8 Å². The van der Waals surface area contributed by atoms with Gasteiger partial charge >= 0.3 is 91.4 Å². The lowest BCUT2D eigenvalue weighted by Crippen LogP contribution is -2.48. The molecule has 2 aliphatic heterocycles. The van der Waals surface area contributed by atoms with Crippen LogP contribution in [-0.4, -0.2) is 171 Å². The van der Waals surface area contributed by atoms with Gasteiger partial charge in [0.05, 0.1) is 41.7 Å². The number of benzene rings is 10. The maximum absolute atomic E-state index is 13.0. The van der Waals surface area contributed by atoms with Crippen LogP contribution in [0.15, 0.2) is 182 Å². The molecule has 42 nitrogen and oxygen atoms in total. The maximum atomic E-state index is 13.0.